The maximum absolute atomic E-state index is 13.7. The molecule has 0 atom stereocenters. The van der Waals surface area contributed by atoms with Crippen LogP contribution in [0, 0.1) is 19.7 Å². The summed E-state index contributed by atoms with van der Waals surface area (Å²) in [4.78, 5) is 11.0. The fourth-order valence-electron chi connectivity index (χ4n) is 1.88. The Balaban J connectivity index is 2.14. The minimum atomic E-state index is -0.383. The van der Waals surface area contributed by atoms with Crippen LogP contribution in [-0.2, 0) is 11.3 Å². The van der Waals surface area contributed by atoms with Crippen molar-refractivity contribution in [2.45, 2.75) is 27.3 Å². The Kier molecular flexibility index (Phi) is 4.02. The maximum atomic E-state index is 13.7. The number of amides is 1. The fraction of sp³-hybridized carbons (Fsp3) is 0.286. The molecule has 0 aliphatic heterocycles. The largest absolute Gasteiger partial charge is 0.378 e. The molecule has 20 heavy (non-hydrogen) atoms. The van der Waals surface area contributed by atoms with Crippen molar-refractivity contribution >= 4 is 17.3 Å². The molecule has 0 saturated heterocycles. The molecule has 0 fully saturated rings. The Morgan fingerprint density at radius 3 is 2.75 bits per heavy atom. The van der Waals surface area contributed by atoms with Gasteiger partial charge in [-0.2, -0.15) is 0 Å². The SMILES string of the molecule is CC(=O)Nc1ccc(F)c(NCc2c(C)noc2C)c1. The number of hydrogen-bond acceptors (Lipinski definition) is 4. The second-order valence-electron chi connectivity index (χ2n) is 4.53. The van der Waals surface area contributed by atoms with Gasteiger partial charge in [0.15, 0.2) is 0 Å². The Bertz CT molecular complexity index is 618. The lowest BCUT2D eigenvalue weighted by Crippen LogP contribution is -2.08. The Morgan fingerprint density at radius 1 is 1.40 bits per heavy atom. The zero-order valence-electron chi connectivity index (χ0n) is 11.6. The Labute approximate surface area is 116 Å². The molecule has 0 radical (unpaired) electrons. The van der Waals surface area contributed by atoms with Gasteiger partial charge in [-0.05, 0) is 32.0 Å². The number of benzene rings is 1. The first-order chi connectivity index (χ1) is 9.47. The number of carbonyl (C=O) groups excluding carboxylic acids is 1. The number of nitrogens with one attached hydrogen (secondary N) is 2. The number of anilines is 2. The highest BCUT2D eigenvalue weighted by Crippen LogP contribution is 2.21. The molecular formula is C14H16FN3O2. The van der Waals surface area contributed by atoms with Crippen LogP contribution in [0.1, 0.15) is 23.9 Å². The molecule has 2 aromatic rings. The summed E-state index contributed by atoms with van der Waals surface area (Å²) in [5.41, 5.74) is 2.53. The van der Waals surface area contributed by atoms with Crippen LogP contribution in [0.15, 0.2) is 22.7 Å². The average Bonchev–Trinajstić information content (AvgIpc) is 2.69. The first-order valence-corrected chi connectivity index (χ1v) is 6.20. The highest BCUT2D eigenvalue weighted by Gasteiger charge is 2.10. The molecule has 2 rings (SSSR count). The van der Waals surface area contributed by atoms with E-state index in [1.165, 1.54) is 19.1 Å². The monoisotopic (exact) mass is 277 g/mol. The van der Waals surface area contributed by atoms with E-state index < -0.39 is 0 Å². The molecule has 0 aliphatic rings. The van der Waals surface area contributed by atoms with Crippen molar-refractivity contribution in [3.63, 3.8) is 0 Å². The Hall–Kier alpha value is -2.37. The molecule has 1 heterocycles. The van der Waals surface area contributed by atoms with Crippen molar-refractivity contribution < 1.29 is 13.7 Å². The van der Waals surface area contributed by atoms with Gasteiger partial charge >= 0.3 is 0 Å². The van der Waals surface area contributed by atoms with E-state index in [0.717, 1.165) is 11.3 Å². The molecule has 0 saturated carbocycles. The number of aryl methyl sites for hydroxylation is 2. The van der Waals surface area contributed by atoms with Crippen LogP contribution in [0.25, 0.3) is 0 Å². The third kappa shape index (κ3) is 3.14. The van der Waals surface area contributed by atoms with Gasteiger partial charge in [-0.25, -0.2) is 4.39 Å². The lowest BCUT2D eigenvalue weighted by atomic mass is 10.2. The predicted octanol–water partition coefficient (Wildman–Crippen LogP) is 3.00. The quantitative estimate of drug-likeness (QED) is 0.901. The van der Waals surface area contributed by atoms with E-state index >= 15 is 0 Å². The number of halogens is 1. The van der Waals surface area contributed by atoms with Gasteiger partial charge in [0.05, 0.1) is 11.4 Å². The zero-order chi connectivity index (χ0) is 14.7. The molecule has 0 unspecified atom stereocenters. The number of nitrogens with zero attached hydrogens (tertiary/aromatic N) is 1. The van der Waals surface area contributed by atoms with E-state index in [2.05, 4.69) is 15.8 Å². The summed E-state index contributed by atoms with van der Waals surface area (Å²) in [5.74, 6) is 0.118. The van der Waals surface area contributed by atoms with Crippen LogP contribution in [0.2, 0.25) is 0 Å². The summed E-state index contributed by atoms with van der Waals surface area (Å²) in [6.07, 6.45) is 0. The van der Waals surface area contributed by atoms with Gasteiger partial charge in [0.1, 0.15) is 11.6 Å². The summed E-state index contributed by atoms with van der Waals surface area (Å²) < 4.78 is 18.8. The van der Waals surface area contributed by atoms with Crippen molar-refractivity contribution in [1.82, 2.24) is 5.16 Å². The first kappa shape index (κ1) is 14.0. The normalized spacial score (nSPS) is 10.4. The van der Waals surface area contributed by atoms with Crippen LogP contribution in [0.5, 0.6) is 0 Å². The van der Waals surface area contributed by atoms with E-state index in [0.29, 0.717) is 23.7 Å². The fourth-order valence-corrected chi connectivity index (χ4v) is 1.88. The summed E-state index contributed by atoms with van der Waals surface area (Å²) >= 11 is 0. The molecule has 6 heteroatoms. The second kappa shape index (κ2) is 5.73. The van der Waals surface area contributed by atoms with Crippen LogP contribution < -0.4 is 10.6 Å². The summed E-state index contributed by atoms with van der Waals surface area (Å²) in [5, 5.41) is 9.44. The van der Waals surface area contributed by atoms with Crippen molar-refractivity contribution in [2.75, 3.05) is 10.6 Å². The molecule has 1 amide bonds. The van der Waals surface area contributed by atoms with Crippen LogP contribution in [0.3, 0.4) is 0 Å². The van der Waals surface area contributed by atoms with Gasteiger partial charge in [-0.3, -0.25) is 4.79 Å². The maximum Gasteiger partial charge on any atom is 0.221 e. The molecular weight excluding hydrogens is 261 g/mol. The van der Waals surface area contributed by atoms with E-state index in [4.69, 9.17) is 4.52 Å². The first-order valence-electron chi connectivity index (χ1n) is 6.20. The molecule has 106 valence electrons. The highest BCUT2D eigenvalue weighted by atomic mass is 19.1. The summed E-state index contributed by atoms with van der Waals surface area (Å²) in [7, 11) is 0. The second-order valence-corrected chi connectivity index (χ2v) is 4.53. The molecule has 0 bridgehead atoms. The van der Waals surface area contributed by atoms with Crippen LogP contribution in [-0.4, -0.2) is 11.1 Å². The van der Waals surface area contributed by atoms with Crippen LogP contribution >= 0.6 is 0 Å². The van der Waals surface area contributed by atoms with Crippen molar-refractivity contribution in [3.05, 3.63) is 41.0 Å². The van der Waals surface area contributed by atoms with Crippen molar-refractivity contribution in [2.24, 2.45) is 0 Å². The predicted molar refractivity (Wildman–Crippen MR) is 74.0 cm³/mol. The van der Waals surface area contributed by atoms with Crippen LogP contribution in [0.4, 0.5) is 15.8 Å². The lowest BCUT2D eigenvalue weighted by Gasteiger charge is -2.10. The van der Waals surface area contributed by atoms with Gasteiger partial charge in [-0.1, -0.05) is 5.16 Å². The number of rotatable bonds is 4. The Morgan fingerprint density at radius 2 is 2.15 bits per heavy atom. The molecule has 1 aromatic carbocycles. The van der Waals surface area contributed by atoms with Gasteiger partial charge in [-0.15, -0.1) is 0 Å². The van der Waals surface area contributed by atoms with Crippen molar-refractivity contribution in [3.8, 4) is 0 Å². The topological polar surface area (TPSA) is 67.2 Å². The van der Waals surface area contributed by atoms with Gasteiger partial charge in [0.2, 0.25) is 5.91 Å². The van der Waals surface area contributed by atoms with E-state index in [-0.39, 0.29) is 11.7 Å². The van der Waals surface area contributed by atoms with Gasteiger partial charge in [0.25, 0.3) is 0 Å². The van der Waals surface area contributed by atoms with Crippen molar-refractivity contribution in [1.29, 1.82) is 0 Å². The summed E-state index contributed by atoms with van der Waals surface area (Å²) in [6, 6.07) is 4.37. The van der Waals surface area contributed by atoms with Gasteiger partial charge < -0.3 is 15.2 Å². The van der Waals surface area contributed by atoms with E-state index in [1.807, 2.05) is 6.92 Å². The molecule has 5 nitrogen and oxygen atoms in total. The minimum Gasteiger partial charge on any atom is -0.378 e. The molecule has 0 spiro atoms. The number of aromatic nitrogens is 1. The summed E-state index contributed by atoms with van der Waals surface area (Å²) in [6.45, 7) is 5.45. The van der Waals surface area contributed by atoms with E-state index in [9.17, 15) is 9.18 Å². The number of hydrogen-bond donors (Lipinski definition) is 2. The smallest absolute Gasteiger partial charge is 0.221 e. The highest BCUT2D eigenvalue weighted by molar-refractivity contribution is 5.89. The molecule has 0 aliphatic carbocycles. The zero-order valence-corrected chi connectivity index (χ0v) is 11.6. The minimum absolute atomic E-state index is 0.201. The molecule has 1 aromatic heterocycles. The third-order valence-electron chi connectivity index (χ3n) is 2.92. The average molecular weight is 277 g/mol. The molecule has 2 N–H and O–H groups in total. The van der Waals surface area contributed by atoms with Gasteiger partial charge in [0, 0.05) is 24.7 Å². The standard InChI is InChI=1S/C14H16FN3O2/c1-8-12(9(2)20-18-8)7-16-14-6-11(17-10(3)19)4-5-13(14)15/h4-6,16H,7H2,1-3H3,(H,17,19). The third-order valence-corrected chi connectivity index (χ3v) is 2.92. The lowest BCUT2D eigenvalue weighted by molar-refractivity contribution is -0.114. The van der Waals surface area contributed by atoms with E-state index in [1.54, 1.807) is 13.0 Å². The number of carbonyl (C=O) groups is 1.